The van der Waals surface area contributed by atoms with Crippen molar-refractivity contribution in [3.63, 3.8) is 0 Å². The number of hydrogen-bond donors (Lipinski definition) is 1. The fourth-order valence-electron chi connectivity index (χ4n) is 1.39. The normalized spacial score (nSPS) is 10.5. The van der Waals surface area contributed by atoms with Crippen molar-refractivity contribution in [3.8, 4) is 5.75 Å². The van der Waals surface area contributed by atoms with Crippen molar-refractivity contribution in [2.45, 2.75) is 13.8 Å². The average molecular weight is 234 g/mol. The van der Waals surface area contributed by atoms with Crippen LogP contribution >= 0.6 is 0 Å². The lowest BCUT2D eigenvalue weighted by Crippen LogP contribution is -2.02. The molecule has 1 rings (SSSR count). The molecule has 90 valence electrons. The second kappa shape index (κ2) is 5.30. The zero-order valence-electron chi connectivity index (χ0n) is 9.98. The highest BCUT2D eigenvalue weighted by Gasteiger charge is 2.11. The number of aryl methyl sites for hydroxylation is 2. The molecule has 0 unspecified atom stereocenters. The van der Waals surface area contributed by atoms with Crippen LogP contribution in [0, 0.1) is 13.8 Å². The molecule has 0 fully saturated rings. The monoisotopic (exact) mass is 234 g/mol. The number of methoxy groups -OCH3 is 1. The number of carboxylic acids is 1. The SMILES string of the molecule is COc1cc(C)c(C)cc1C(=O)/C=C/C(=O)O. The van der Waals surface area contributed by atoms with Crippen molar-refractivity contribution >= 4 is 11.8 Å². The van der Waals surface area contributed by atoms with Gasteiger partial charge in [-0.25, -0.2) is 4.79 Å². The van der Waals surface area contributed by atoms with Crippen molar-refractivity contribution in [1.29, 1.82) is 0 Å². The fraction of sp³-hybridized carbons (Fsp3) is 0.231. The molecule has 0 aliphatic heterocycles. The van der Waals surface area contributed by atoms with Gasteiger partial charge in [-0.2, -0.15) is 0 Å². The number of carboxylic acid groups (broad SMARTS) is 1. The summed E-state index contributed by atoms with van der Waals surface area (Å²) in [6.07, 6.45) is 1.84. The van der Waals surface area contributed by atoms with Crippen LogP contribution in [0.25, 0.3) is 0 Å². The van der Waals surface area contributed by atoms with Gasteiger partial charge in [0.15, 0.2) is 5.78 Å². The van der Waals surface area contributed by atoms with E-state index in [-0.39, 0.29) is 5.78 Å². The molecule has 0 aliphatic rings. The third kappa shape index (κ3) is 3.17. The molecule has 17 heavy (non-hydrogen) atoms. The van der Waals surface area contributed by atoms with Crippen LogP contribution in [0.1, 0.15) is 21.5 Å². The van der Waals surface area contributed by atoms with E-state index in [4.69, 9.17) is 9.84 Å². The summed E-state index contributed by atoms with van der Waals surface area (Å²) in [5, 5.41) is 8.46. The molecule has 0 spiro atoms. The minimum absolute atomic E-state index is 0.369. The number of aliphatic carboxylic acids is 1. The standard InChI is InChI=1S/C13H14O4/c1-8-6-10(11(14)4-5-13(15)16)12(17-3)7-9(8)2/h4-7H,1-3H3,(H,15,16)/b5-4+. The fourth-order valence-corrected chi connectivity index (χ4v) is 1.39. The molecule has 0 radical (unpaired) electrons. The molecule has 0 saturated carbocycles. The number of allylic oxidation sites excluding steroid dienone is 1. The van der Waals surface area contributed by atoms with Crippen LogP contribution in [0.15, 0.2) is 24.3 Å². The number of ether oxygens (including phenoxy) is 1. The highest BCUT2D eigenvalue weighted by molar-refractivity contribution is 6.08. The lowest BCUT2D eigenvalue weighted by Gasteiger charge is -2.09. The van der Waals surface area contributed by atoms with Crippen LogP contribution in [0.2, 0.25) is 0 Å². The number of hydrogen-bond acceptors (Lipinski definition) is 3. The van der Waals surface area contributed by atoms with E-state index in [1.54, 1.807) is 12.1 Å². The first-order chi connectivity index (χ1) is 7.95. The van der Waals surface area contributed by atoms with Gasteiger partial charge < -0.3 is 9.84 Å². The second-order valence-electron chi connectivity index (χ2n) is 3.67. The van der Waals surface area contributed by atoms with E-state index in [1.165, 1.54) is 7.11 Å². The molecule has 1 N–H and O–H groups in total. The number of benzene rings is 1. The van der Waals surface area contributed by atoms with Gasteiger partial charge in [-0.05, 0) is 43.2 Å². The van der Waals surface area contributed by atoms with E-state index in [0.717, 1.165) is 23.3 Å². The van der Waals surface area contributed by atoms with E-state index < -0.39 is 5.97 Å². The number of ketones is 1. The summed E-state index contributed by atoms with van der Waals surface area (Å²) >= 11 is 0. The molecule has 0 atom stereocenters. The Balaban J connectivity index is 3.16. The smallest absolute Gasteiger partial charge is 0.328 e. The molecule has 1 aromatic carbocycles. The Morgan fingerprint density at radius 3 is 2.29 bits per heavy atom. The lowest BCUT2D eigenvalue weighted by molar-refractivity contribution is -0.131. The molecular formula is C13H14O4. The average Bonchev–Trinajstić information content (AvgIpc) is 2.28. The van der Waals surface area contributed by atoms with Gasteiger partial charge in [0.2, 0.25) is 0 Å². The summed E-state index contributed by atoms with van der Waals surface area (Å²) in [7, 11) is 1.47. The van der Waals surface area contributed by atoms with Crippen LogP contribution < -0.4 is 4.74 Å². The summed E-state index contributed by atoms with van der Waals surface area (Å²) in [5.74, 6) is -1.08. The third-order valence-corrected chi connectivity index (χ3v) is 2.46. The van der Waals surface area contributed by atoms with Gasteiger partial charge in [-0.3, -0.25) is 4.79 Å². The molecule has 0 amide bonds. The minimum Gasteiger partial charge on any atom is -0.496 e. The Morgan fingerprint density at radius 1 is 1.18 bits per heavy atom. The van der Waals surface area contributed by atoms with Gasteiger partial charge in [0.1, 0.15) is 5.75 Å². The molecule has 4 nitrogen and oxygen atoms in total. The van der Waals surface area contributed by atoms with Gasteiger partial charge in [0.05, 0.1) is 12.7 Å². The van der Waals surface area contributed by atoms with Gasteiger partial charge in [-0.15, -0.1) is 0 Å². The third-order valence-electron chi connectivity index (χ3n) is 2.46. The minimum atomic E-state index is -1.15. The maximum atomic E-state index is 11.8. The summed E-state index contributed by atoms with van der Waals surface area (Å²) in [6, 6.07) is 3.46. The molecule has 0 aromatic heterocycles. The Morgan fingerprint density at radius 2 is 1.76 bits per heavy atom. The number of rotatable bonds is 4. The van der Waals surface area contributed by atoms with Crippen LogP contribution in [0.4, 0.5) is 0 Å². The molecular weight excluding hydrogens is 220 g/mol. The first-order valence-corrected chi connectivity index (χ1v) is 5.06. The van der Waals surface area contributed by atoms with Crippen molar-refractivity contribution in [2.75, 3.05) is 7.11 Å². The zero-order chi connectivity index (χ0) is 13.0. The summed E-state index contributed by atoms with van der Waals surface area (Å²) in [5.41, 5.74) is 2.34. The van der Waals surface area contributed by atoms with Gasteiger partial charge in [0.25, 0.3) is 0 Å². The quantitative estimate of drug-likeness (QED) is 0.640. The van der Waals surface area contributed by atoms with Crippen LogP contribution in [0.5, 0.6) is 5.75 Å². The molecule has 4 heteroatoms. The number of carbonyl (C=O) groups is 2. The zero-order valence-corrected chi connectivity index (χ0v) is 9.98. The Kier molecular flexibility index (Phi) is 4.04. The van der Waals surface area contributed by atoms with E-state index in [1.807, 2.05) is 13.8 Å². The topological polar surface area (TPSA) is 63.6 Å². The maximum Gasteiger partial charge on any atom is 0.328 e. The highest BCUT2D eigenvalue weighted by atomic mass is 16.5. The highest BCUT2D eigenvalue weighted by Crippen LogP contribution is 2.23. The molecule has 0 bridgehead atoms. The Hall–Kier alpha value is -2.10. The van der Waals surface area contributed by atoms with E-state index in [0.29, 0.717) is 11.3 Å². The summed E-state index contributed by atoms with van der Waals surface area (Å²) in [4.78, 5) is 22.1. The van der Waals surface area contributed by atoms with Crippen molar-refractivity contribution in [2.24, 2.45) is 0 Å². The molecule has 0 aliphatic carbocycles. The largest absolute Gasteiger partial charge is 0.496 e. The molecule has 0 saturated heterocycles. The summed E-state index contributed by atoms with van der Waals surface area (Å²) < 4.78 is 5.11. The van der Waals surface area contributed by atoms with Gasteiger partial charge in [-0.1, -0.05) is 0 Å². The number of carbonyl (C=O) groups excluding carboxylic acids is 1. The van der Waals surface area contributed by atoms with Crippen LogP contribution in [-0.2, 0) is 4.79 Å². The maximum absolute atomic E-state index is 11.8. The lowest BCUT2D eigenvalue weighted by atomic mass is 10.0. The molecule has 1 aromatic rings. The van der Waals surface area contributed by atoms with Gasteiger partial charge >= 0.3 is 5.97 Å². The first kappa shape index (κ1) is 13.0. The predicted molar refractivity (Wildman–Crippen MR) is 63.6 cm³/mol. The Labute approximate surface area is 99.5 Å². The van der Waals surface area contributed by atoms with Crippen LogP contribution in [-0.4, -0.2) is 24.0 Å². The Bertz CT molecular complexity index is 486. The van der Waals surface area contributed by atoms with Crippen LogP contribution in [0.3, 0.4) is 0 Å². The van der Waals surface area contributed by atoms with E-state index in [2.05, 4.69) is 0 Å². The molecule has 0 heterocycles. The van der Waals surface area contributed by atoms with Crippen molar-refractivity contribution in [3.05, 3.63) is 41.0 Å². The second-order valence-corrected chi connectivity index (χ2v) is 3.67. The van der Waals surface area contributed by atoms with Crippen molar-refractivity contribution < 1.29 is 19.4 Å². The summed E-state index contributed by atoms with van der Waals surface area (Å²) in [6.45, 7) is 3.80. The predicted octanol–water partition coefficient (Wildman–Crippen LogP) is 2.14. The van der Waals surface area contributed by atoms with E-state index in [9.17, 15) is 9.59 Å². The van der Waals surface area contributed by atoms with Crippen molar-refractivity contribution in [1.82, 2.24) is 0 Å². The van der Waals surface area contributed by atoms with E-state index >= 15 is 0 Å². The first-order valence-electron chi connectivity index (χ1n) is 5.06. The van der Waals surface area contributed by atoms with Gasteiger partial charge in [0, 0.05) is 6.08 Å².